The second-order valence-electron chi connectivity index (χ2n) is 5.29. The van der Waals surface area contributed by atoms with Gasteiger partial charge in [0.1, 0.15) is 11.6 Å². The SMILES string of the molecule is Cc1ccc(Nc2nc(N)nc(CSc3ccc(F)c(Cl)c3)n2)cc1. The van der Waals surface area contributed by atoms with Crippen LogP contribution in [0.1, 0.15) is 11.4 Å². The molecule has 128 valence electrons. The highest BCUT2D eigenvalue weighted by molar-refractivity contribution is 7.98. The number of rotatable bonds is 5. The molecule has 25 heavy (non-hydrogen) atoms. The van der Waals surface area contributed by atoms with Crippen LogP contribution < -0.4 is 11.1 Å². The summed E-state index contributed by atoms with van der Waals surface area (Å²) in [6.07, 6.45) is 0. The molecule has 0 aliphatic rings. The number of nitrogens with two attached hydrogens (primary N) is 1. The largest absolute Gasteiger partial charge is 0.368 e. The number of nitrogen functional groups attached to an aromatic ring is 1. The highest BCUT2D eigenvalue weighted by Crippen LogP contribution is 2.26. The predicted molar refractivity (Wildman–Crippen MR) is 99.7 cm³/mol. The molecule has 0 saturated heterocycles. The number of thioether (sulfide) groups is 1. The van der Waals surface area contributed by atoms with E-state index in [0.717, 1.165) is 16.1 Å². The monoisotopic (exact) mass is 375 g/mol. The van der Waals surface area contributed by atoms with Crippen molar-refractivity contribution in [2.75, 3.05) is 11.1 Å². The van der Waals surface area contributed by atoms with Gasteiger partial charge in [0.15, 0.2) is 0 Å². The van der Waals surface area contributed by atoms with Gasteiger partial charge >= 0.3 is 0 Å². The molecule has 0 unspecified atom stereocenters. The van der Waals surface area contributed by atoms with Gasteiger partial charge in [0.2, 0.25) is 11.9 Å². The number of hydrogen-bond acceptors (Lipinski definition) is 6. The Balaban J connectivity index is 1.72. The maximum atomic E-state index is 13.2. The van der Waals surface area contributed by atoms with Gasteiger partial charge < -0.3 is 11.1 Å². The number of nitrogens with one attached hydrogen (secondary N) is 1. The molecule has 0 aliphatic heterocycles. The summed E-state index contributed by atoms with van der Waals surface area (Å²) in [7, 11) is 0. The van der Waals surface area contributed by atoms with Gasteiger partial charge in [-0.3, -0.25) is 0 Å². The number of aromatic nitrogens is 3. The molecule has 3 aromatic rings. The van der Waals surface area contributed by atoms with Crippen LogP contribution in [0.3, 0.4) is 0 Å². The molecule has 0 amide bonds. The van der Waals surface area contributed by atoms with Crippen LogP contribution in [0.25, 0.3) is 0 Å². The Labute approximate surface area is 153 Å². The summed E-state index contributed by atoms with van der Waals surface area (Å²) in [6.45, 7) is 2.02. The van der Waals surface area contributed by atoms with Crippen molar-refractivity contribution in [2.24, 2.45) is 0 Å². The Morgan fingerprint density at radius 1 is 1.12 bits per heavy atom. The molecule has 8 heteroatoms. The van der Waals surface area contributed by atoms with Crippen molar-refractivity contribution < 1.29 is 4.39 Å². The molecule has 0 atom stereocenters. The Morgan fingerprint density at radius 3 is 2.60 bits per heavy atom. The van der Waals surface area contributed by atoms with Gasteiger partial charge in [0.25, 0.3) is 0 Å². The van der Waals surface area contributed by atoms with Gasteiger partial charge in [-0.25, -0.2) is 4.39 Å². The molecule has 2 aromatic carbocycles. The van der Waals surface area contributed by atoms with E-state index in [2.05, 4.69) is 20.3 Å². The summed E-state index contributed by atoms with van der Waals surface area (Å²) in [5.41, 5.74) is 7.79. The normalized spacial score (nSPS) is 10.7. The minimum atomic E-state index is -0.444. The van der Waals surface area contributed by atoms with Crippen molar-refractivity contribution in [1.29, 1.82) is 0 Å². The Hall–Kier alpha value is -2.38. The average molecular weight is 376 g/mol. The lowest BCUT2D eigenvalue weighted by atomic mass is 10.2. The summed E-state index contributed by atoms with van der Waals surface area (Å²) in [6, 6.07) is 12.4. The van der Waals surface area contributed by atoms with E-state index < -0.39 is 5.82 Å². The minimum absolute atomic E-state index is 0.0851. The summed E-state index contributed by atoms with van der Waals surface area (Å²) in [5, 5.41) is 3.19. The summed E-state index contributed by atoms with van der Waals surface area (Å²) in [4.78, 5) is 13.4. The van der Waals surface area contributed by atoms with Crippen molar-refractivity contribution in [3.05, 3.63) is 64.7 Å². The summed E-state index contributed by atoms with van der Waals surface area (Å²) < 4.78 is 13.2. The van der Waals surface area contributed by atoms with E-state index in [-0.39, 0.29) is 11.0 Å². The number of anilines is 3. The topological polar surface area (TPSA) is 76.7 Å². The molecule has 0 aliphatic carbocycles. The van der Waals surface area contributed by atoms with Crippen molar-refractivity contribution in [3.63, 3.8) is 0 Å². The average Bonchev–Trinajstić information content (AvgIpc) is 2.58. The molecule has 3 rings (SSSR count). The van der Waals surface area contributed by atoms with Crippen molar-refractivity contribution in [3.8, 4) is 0 Å². The molecule has 0 bridgehead atoms. The third kappa shape index (κ3) is 4.80. The van der Waals surface area contributed by atoms with Gasteiger partial charge in [0.05, 0.1) is 10.8 Å². The van der Waals surface area contributed by atoms with E-state index in [0.29, 0.717) is 17.5 Å². The molecule has 3 N–H and O–H groups in total. The highest BCUT2D eigenvalue weighted by Gasteiger charge is 2.07. The summed E-state index contributed by atoms with van der Waals surface area (Å²) >= 11 is 7.22. The first-order valence-corrected chi connectivity index (χ1v) is 8.78. The predicted octanol–water partition coefficient (Wildman–Crippen LogP) is 4.59. The number of hydrogen-bond donors (Lipinski definition) is 2. The molecular formula is C17H15ClFN5S. The Kier molecular flexibility index (Phi) is 5.35. The minimum Gasteiger partial charge on any atom is -0.368 e. The van der Waals surface area contributed by atoms with Gasteiger partial charge in [-0.05, 0) is 37.3 Å². The first-order valence-electron chi connectivity index (χ1n) is 7.41. The third-order valence-electron chi connectivity index (χ3n) is 3.27. The van der Waals surface area contributed by atoms with Gasteiger partial charge in [-0.1, -0.05) is 29.3 Å². The zero-order chi connectivity index (χ0) is 17.8. The van der Waals surface area contributed by atoms with Gasteiger partial charge in [0, 0.05) is 10.6 Å². The maximum absolute atomic E-state index is 13.2. The first-order chi connectivity index (χ1) is 12.0. The molecule has 5 nitrogen and oxygen atoms in total. The number of benzene rings is 2. The molecule has 1 heterocycles. The van der Waals surface area contributed by atoms with Crippen LogP contribution >= 0.6 is 23.4 Å². The van der Waals surface area contributed by atoms with E-state index in [4.69, 9.17) is 17.3 Å². The van der Waals surface area contributed by atoms with Gasteiger partial charge in [-0.15, -0.1) is 11.8 Å². The lowest BCUT2D eigenvalue weighted by molar-refractivity contribution is 0.627. The fourth-order valence-electron chi connectivity index (χ4n) is 2.04. The fourth-order valence-corrected chi connectivity index (χ4v) is 3.07. The van der Waals surface area contributed by atoms with Crippen LogP contribution in [0, 0.1) is 12.7 Å². The van der Waals surface area contributed by atoms with Crippen LogP contribution in [-0.4, -0.2) is 15.0 Å². The number of nitrogens with zero attached hydrogens (tertiary/aromatic N) is 3. The van der Waals surface area contributed by atoms with E-state index in [9.17, 15) is 4.39 Å². The van der Waals surface area contributed by atoms with Crippen LogP contribution in [-0.2, 0) is 5.75 Å². The zero-order valence-corrected chi connectivity index (χ0v) is 14.9. The molecule has 0 fully saturated rings. The molecule has 0 radical (unpaired) electrons. The van der Waals surface area contributed by atoms with Crippen LogP contribution in [0.2, 0.25) is 5.02 Å². The van der Waals surface area contributed by atoms with Crippen LogP contribution in [0.5, 0.6) is 0 Å². The zero-order valence-electron chi connectivity index (χ0n) is 13.3. The van der Waals surface area contributed by atoms with Crippen molar-refractivity contribution in [2.45, 2.75) is 17.6 Å². The second kappa shape index (κ2) is 7.67. The first kappa shape index (κ1) is 17.4. The molecule has 0 spiro atoms. The highest BCUT2D eigenvalue weighted by atomic mass is 35.5. The van der Waals surface area contributed by atoms with Crippen molar-refractivity contribution >= 4 is 40.9 Å². The standard InChI is InChI=1S/C17H15ClFN5S/c1-10-2-4-11(5-3-10)21-17-23-15(22-16(20)24-17)9-25-12-6-7-14(19)13(18)8-12/h2-8H,9H2,1H3,(H3,20,21,22,23,24). The van der Waals surface area contributed by atoms with Crippen molar-refractivity contribution in [1.82, 2.24) is 15.0 Å². The number of halogens is 2. The molecule has 1 aromatic heterocycles. The Morgan fingerprint density at radius 2 is 1.88 bits per heavy atom. The Bertz CT molecular complexity index is 889. The van der Waals surface area contributed by atoms with E-state index in [1.165, 1.54) is 17.8 Å². The smallest absolute Gasteiger partial charge is 0.232 e. The van der Waals surface area contributed by atoms with Crippen LogP contribution in [0.4, 0.5) is 22.0 Å². The van der Waals surface area contributed by atoms with Crippen LogP contribution in [0.15, 0.2) is 47.4 Å². The van der Waals surface area contributed by atoms with Gasteiger partial charge in [-0.2, -0.15) is 15.0 Å². The lowest BCUT2D eigenvalue weighted by Crippen LogP contribution is -2.06. The maximum Gasteiger partial charge on any atom is 0.232 e. The number of aryl methyl sites for hydroxylation is 1. The van der Waals surface area contributed by atoms with E-state index >= 15 is 0 Å². The van der Waals surface area contributed by atoms with E-state index in [1.54, 1.807) is 12.1 Å². The lowest BCUT2D eigenvalue weighted by Gasteiger charge is -2.08. The molecular weight excluding hydrogens is 361 g/mol. The quantitative estimate of drug-likeness (QED) is 0.635. The second-order valence-corrected chi connectivity index (χ2v) is 6.75. The summed E-state index contributed by atoms with van der Waals surface area (Å²) in [5.74, 6) is 1.05. The van der Waals surface area contributed by atoms with E-state index in [1.807, 2.05) is 31.2 Å². The fraction of sp³-hybridized carbons (Fsp3) is 0.118. The molecule has 0 saturated carbocycles. The third-order valence-corrected chi connectivity index (χ3v) is 4.55.